The zero-order chi connectivity index (χ0) is 19.8. The molecule has 2 aromatic carbocycles. The average molecular weight is 430 g/mol. The van der Waals surface area contributed by atoms with Gasteiger partial charge < -0.3 is 5.32 Å². The summed E-state index contributed by atoms with van der Waals surface area (Å²) in [5, 5.41) is 9.63. The van der Waals surface area contributed by atoms with E-state index >= 15 is 0 Å². The third-order valence-electron chi connectivity index (χ3n) is 4.58. The normalized spacial score (nSPS) is 11.1. The van der Waals surface area contributed by atoms with Gasteiger partial charge in [0.2, 0.25) is 0 Å². The Morgan fingerprint density at radius 1 is 1.14 bits per heavy atom. The van der Waals surface area contributed by atoms with Crippen molar-refractivity contribution in [3.8, 4) is 0 Å². The van der Waals surface area contributed by atoms with Crippen molar-refractivity contribution in [1.29, 1.82) is 0 Å². The molecule has 0 fully saturated rings. The van der Waals surface area contributed by atoms with Crippen LogP contribution in [0.15, 0.2) is 48.5 Å². The summed E-state index contributed by atoms with van der Waals surface area (Å²) in [6.45, 7) is 4.39. The maximum atomic E-state index is 12.9. The first-order valence-corrected chi connectivity index (χ1v) is 10.3. The summed E-state index contributed by atoms with van der Waals surface area (Å²) in [4.78, 5) is 13.4. The summed E-state index contributed by atoms with van der Waals surface area (Å²) < 4.78 is 2.85. The van der Waals surface area contributed by atoms with E-state index in [1.807, 2.05) is 67.1 Å². The fourth-order valence-electron chi connectivity index (χ4n) is 3.17. The van der Waals surface area contributed by atoms with Crippen molar-refractivity contribution in [3.05, 3.63) is 80.4 Å². The molecule has 7 heteroatoms. The van der Waals surface area contributed by atoms with E-state index in [2.05, 4.69) is 10.4 Å². The van der Waals surface area contributed by atoms with E-state index in [0.29, 0.717) is 27.2 Å². The van der Waals surface area contributed by atoms with Gasteiger partial charge in [0, 0.05) is 15.1 Å². The molecule has 2 aromatic heterocycles. The number of nitrogens with one attached hydrogen (secondary N) is 1. The molecular weight excluding hydrogens is 413 g/mol. The second-order valence-corrected chi connectivity index (χ2v) is 8.40. The largest absolute Gasteiger partial charge is 0.318 e. The summed E-state index contributed by atoms with van der Waals surface area (Å²) in [7, 11) is 0. The minimum atomic E-state index is -0.222. The first-order valence-electron chi connectivity index (χ1n) is 8.71. The standard InChI is InChI=1S/C21H17Cl2N3OS/c1-12-19(13(2)26(25-12)11-14-6-5-7-15(22)10-14)24-21(27)20-18(23)16-8-3-4-9-17(16)28-20/h3-10H,11H2,1-2H3,(H,24,27). The lowest BCUT2D eigenvalue weighted by Gasteiger charge is -2.07. The van der Waals surface area contributed by atoms with Crippen LogP contribution >= 0.6 is 34.5 Å². The molecule has 0 aliphatic heterocycles. The zero-order valence-electron chi connectivity index (χ0n) is 15.3. The molecule has 0 radical (unpaired) electrons. The molecule has 0 spiro atoms. The number of anilines is 1. The highest BCUT2D eigenvalue weighted by Gasteiger charge is 2.20. The van der Waals surface area contributed by atoms with Crippen molar-refractivity contribution in [2.45, 2.75) is 20.4 Å². The van der Waals surface area contributed by atoms with Gasteiger partial charge in [-0.2, -0.15) is 5.10 Å². The predicted molar refractivity (Wildman–Crippen MR) is 117 cm³/mol. The quantitative estimate of drug-likeness (QED) is 0.412. The van der Waals surface area contributed by atoms with E-state index in [1.54, 1.807) is 0 Å². The molecule has 1 N–H and O–H groups in total. The molecule has 0 aliphatic rings. The van der Waals surface area contributed by atoms with Crippen LogP contribution in [0.3, 0.4) is 0 Å². The second-order valence-electron chi connectivity index (χ2n) is 6.53. The highest BCUT2D eigenvalue weighted by molar-refractivity contribution is 7.21. The first kappa shape index (κ1) is 19.0. The molecular formula is C21H17Cl2N3OS. The minimum absolute atomic E-state index is 0.222. The topological polar surface area (TPSA) is 46.9 Å². The highest BCUT2D eigenvalue weighted by atomic mass is 35.5. The van der Waals surface area contributed by atoms with Gasteiger partial charge in [-0.05, 0) is 37.6 Å². The molecule has 4 nitrogen and oxygen atoms in total. The fourth-order valence-corrected chi connectivity index (χ4v) is 4.80. The first-order chi connectivity index (χ1) is 13.4. The summed E-state index contributed by atoms with van der Waals surface area (Å²) in [6.07, 6.45) is 0. The number of aromatic nitrogens is 2. The van der Waals surface area contributed by atoms with Crippen LogP contribution < -0.4 is 5.32 Å². The number of hydrogen-bond acceptors (Lipinski definition) is 3. The maximum Gasteiger partial charge on any atom is 0.267 e. The number of benzene rings is 2. The Morgan fingerprint density at radius 3 is 2.68 bits per heavy atom. The third kappa shape index (κ3) is 3.53. The van der Waals surface area contributed by atoms with Gasteiger partial charge >= 0.3 is 0 Å². The maximum absolute atomic E-state index is 12.9. The number of carbonyl (C=O) groups excluding carboxylic acids is 1. The van der Waals surface area contributed by atoms with E-state index in [1.165, 1.54) is 11.3 Å². The van der Waals surface area contributed by atoms with E-state index in [4.69, 9.17) is 23.2 Å². The summed E-state index contributed by atoms with van der Waals surface area (Å²) in [5.41, 5.74) is 3.39. The van der Waals surface area contributed by atoms with Crippen LogP contribution in [-0.2, 0) is 6.54 Å². The number of hydrogen-bond donors (Lipinski definition) is 1. The SMILES string of the molecule is Cc1nn(Cc2cccc(Cl)c2)c(C)c1NC(=O)c1sc2ccccc2c1Cl. The van der Waals surface area contributed by atoms with Crippen molar-refractivity contribution in [1.82, 2.24) is 9.78 Å². The van der Waals surface area contributed by atoms with Crippen LogP contribution in [0.1, 0.15) is 26.6 Å². The molecule has 0 bridgehead atoms. The molecule has 0 atom stereocenters. The Hall–Kier alpha value is -2.34. The van der Waals surface area contributed by atoms with Crippen molar-refractivity contribution in [2.75, 3.05) is 5.32 Å². The number of fused-ring (bicyclic) bond motifs is 1. The fraction of sp³-hybridized carbons (Fsp3) is 0.143. The van der Waals surface area contributed by atoms with E-state index in [-0.39, 0.29) is 5.91 Å². The summed E-state index contributed by atoms with van der Waals surface area (Å²) in [6, 6.07) is 15.4. The Kier molecular flexibility index (Phi) is 5.15. The van der Waals surface area contributed by atoms with E-state index in [0.717, 1.165) is 27.0 Å². The lowest BCUT2D eigenvalue weighted by atomic mass is 10.2. The molecule has 4 aromatic rings. The number of thiophene rings is 1. The molecule has 0 unspecified atom stereocenters. The highest BCUT2D eigenvalue weighted by Crippen LogP contribution is 2.36. The van der Waals surface area contributed by atoms with Crippen molar-refractivity contribution < 1.29 is 4.79 Å². The van der Waals surface area contributed by atoms with Gasteiger partial charge in [-0.1, -0.05) is 53.5 Å². The molecule has 2 heterocycles. The Balaban J connectivity index is 1.62. The predicted octanol–water partition coefficient (Wildman–Crippen LogP) is 6.32. The molecule has 0 saturated carbocycles. The minimum Gasteiger partial charge on any atom is -0.318 e. The van der Waals surface area contributed by atoms with Crippen LogP contribution in [0.2, 0.25) is 10.0 Å². The molecule has 1 amide bonds. The molecule has 142 valence electrons. The smallest absolute Gasteiger partial charge is 0.267 e. The second kappa shape index (κ2) is 7.59. The number of carbonyl (C=O) groups is 1. The van der Waals surface area contributed by atoms with Gasteiger partial charge in [-0.3, -0.25) is 9.48 Å². The van der Waals surface area contributed by atoms with Gasteiger partial charge in [0.1, 0.15) is 4.88 Å². The Morgan fingerprint density at radius 2 is 1.93 bits per heavy atom. The molecule has 28 heavy (non-hydrogen) atoms. The van der Waals surface area contributed by atoms with Crippen molar-refractivity contribution >= 4 is 56.2 Å². The average Bonchev–Trinajstić information content (AvgIpc) is 3.14. The van der Waals surface area contributed by atoms with Crippen molar-refractivity contribution in [3.63, 3.8) is 0 Å². The van der Waals surface area contributed by atoms with Crippen LogP contribution in [0.5, 0.6) is 0 Å². The van der Waals surface area contributed by atoms with E-state index in [9.17, 15) is 4.79 Å². The summed E-state index contributed by atoms with van der Waals surface area (Å²) >= 11 is 13.9. The van der Waals surface area contributed by atoms with Gasteiger partial charge in [-0.25, -0.2) is 0 Å². The number of aryl methyl sites for hydroxylation is 1. The Labute approximate surface area is 176 Å². The molecule has 0 aliphatic carbocycles. The molecule has 0 saturated heterocycles. The van der Waals surface area contributed by atoms with Gasteiger partial charge in [0.25, 0.3) is 5.91 Å². The van der Waals surface area contributed by atoms with Crippen LogP contribution in [0.4, 0.5) is 5.69 Å². The number of halogens is 2. The van der Waals surface area contributed by atoms with Gasteiger partial charge in [0.15, 0.2) is 0 Å². The lowest BCUT2D eigenvalue weighted by molar-refractivity contribution is 0.103. The van der Waals surface area contributed by atoms with E-state index < -0.39 is 0 Å². The molecule has 4 rings (SSSR count). The number of rotatable bonds is 4. The van der Waals surface area contributed by atoms with Crippen LogP contribution in [0, 0.1) is 13.8 Å². The summed E-state index contributed by atoms with van der Waals surface area (Å²) in [5.74, 6) is -0.222. The monoisotopic (exact) mass is 429 g/mol. The van der Waals surface area contributed by atoms with Crippen molar-refractivity contribution in [2.24, 2.45) is 0 Å². The Bertz CT molecular complexity index is 1200. The number of nitrogens with zero attached hydrogens (tertiary/aromatic N) is 2. The van der Waals surface area contributed by atoms with Gasteiger partial charge in [-0.15, -0.1) is 11.3 Å². The third-order valence-corrected chi connectivity index (χ3v) is 6.49. The number of amides is 1. The zero-order valence-corrected chi connectivity index (χ0v) is 17.6. The van der Waals surface area contributed by atoms with Crippen LogP contribution in [0.25, 0.3) is 10.1 Å². The van der Waals surface area contributed by atoms with Gasteiger partial charge in [0.05, 0.1) is 28.6 Å². The van der Waals surface area contributed by atoms with Crippen LogP contribution in [-0.4, -0.2) is 15.7 Å². The lowest BCUT2D eigenvalue weighted by Crippen LogP contribution is -2.12.